The van der Waals surface area contributed by atoms with E-state index >= 15 is 0 Å². The van der Waals surface area contributed by atoms with E-state index in [2.05, 4.69) is 35.1 Å². The molecule has 0 amide bonds. The molecular formula is C27H34FN3O2. The number of rotatable bonds is 5. The van der Waals surface area contributed by atoms with Crippen LogP contribution in [0.5, 0.6) is 11.5 Å². The van der Waals surface area contributed by atoms with E-state index < -0.39 is 0 Å². The van der Waals surface area contributed by atoms with Gasteiger partial charge in [-0.25, -0.2) is 4.39 Å². The number of nitrogens with two attached hydrogens (primary N) is 1. The number of halogens is 1. The van der Waals surface area contributed by atoms with Crippen molar-refractivity contribution in [2.45, 2.75) is 38.5 Å². The fourth-order valence-electron chi connectivity index (χ4n) is 4.24. The highest BCUT2D eigenvalue weighted by molar-refractivity contribution is 5.86. The van der Waals surface area contributed by atoms with Crippen molar-refractivity contribution in [3.8, 4) is 11.5 Å². The van der Waals surface area contributed by atoms with Crippen LogP contribution in [-0.2, 0) is 0 Å². The van der Waals surface area contributed by atoms with Crippen LogP contribution in [0.1, 0.15) is 42.7 Å². The van der Waals surface area contributed by atoms with Crippen molar-refractivity contribution in [2.75, 3.05) is 39.6 Å². The molecular weight excluding hydrogens is 417 g/mol. The summed E-state index contributed by atoms with van der Waals surface area (Å²) in [6, 6.07) is 11.0. The predicted molar refractivity (Wildman–Crippen MR) is 132 cm³/mol. The molecule has 176 valence electrons. The first-order chi connectivity index (χ1) is 15.9. The lowest BCUT2D eigenvalue weighted by Crippen LogP contribution is -2.32. The summed E-state index contributed by atoms with van der Waals surface area (Å²) < 4.78 is 24.2. The summed E-state index contributed by atoms with van der Waals surface area (Å²) in [5.41, 5.74) is 8.80. The van der Waals surface area contributed by atoms with Crippen LogP contribution in [0.25, 0.3) is 10.9 Å². The minimum Gasteiger partial charge on any atom is -0.493 e. The van der Waals surface area contributed by atoms with Crippen molar-refractivity contribution in [2.24, 2.45) is 5.92 Å². The van der Waals surface area contributed by atoms with Gasteiger partial charge in [-0.3, -0.25) is 4.98 Å². The summed E-state index contributed by atoms with van der Waals surface area (Å²) in [5.74, 6) is 2.74. The third-order valence-electron chi connectivity index (χ3n) is 6.59. The Labute approximate surface area is 195 Å². The van der Waals surface area contributed by atoms with Crippen LogP contribution < -0.4 is 15.2 Å². The Morgan fingerprint density at radius 3 is 2.45 bits per heavy atom. The second kappa shape index (κ2) is 10.4. The third-order valence-corrected chi connectivity index (χ3v) is 6.59. The van der Waals surface area contributed by atoms with Gasteiger partial charge in [0.1, 0.15) is 5.82 Å². The van der Waals surface area contributed by atoms with Gasteiger partial charge in [-0.05, 0) is 100.0 Å². The second-order valence-corrected chi connectivity index (χ2v) is 9.26. The van der Waals surface area contributed by atoms with Gasteiger partial charge in [0.2, 0.25) is 0 Å². The first-order valence-corrected chi connectivity index (χ1v) is 11.7. The third kappa shape index (κ3) is 5.93. The normalized spacial score (nSPS) is 16.8. The average molecular weight is 452 g/mol. The van der Waals surface area contributed by atoms with Crippen LogP contribution in [-0.4, -0.2) is 43.7 Å². The summed E-state index contributed by atoms with van der Waals surface area (Å²) in [5, 5.41) is 1.21. The van der Waals surface area contributed by atoms with Crippen LogP contribution >= 0.6 is 0 Å². The van der Waals surface area contributed by atoms with E-state index in [9.17, 15) is 4.39 Å². The zero-order chi connectivity index (χ0) is 23.4. The molecule has 3 aromatic rings. The SMILES string of the molecule is COc1cc2c(C3CC3)ccnc2cc1OCC1CCN(C)CC1.Cc1ccc(N)cc1F. The maximum Gasteiger partial charge on any atom is 0.163 e. The van der Waals surface area contributed by atoms with Crippen molar-refractivity contribution in [1.29, 1.82) is 0 Å². The van der Waals surface area contributed by atoms with Crippen molar-refractivity contribution in [1.82, 2.24) is 9.88 Å². The molecule has 0 radical (unpaired) electrons. The van der Waals surface area contributed by atoms with Crippen LogP contribution in [0.3, 0.4) is 0 Å². The molecule has 5 rings (SSSR count). The lowest BCUT2D eigenvalue weighted by molar-refractivity contribution is 0.157. The van der Waals surface area contributed by atoms with Crippen LogP contribution in [0.4, 0.5) is 10.1 Å². The van der Waals surface area contributed by atoms with Gasteiger partial charge in [0, 0.05) is 23.3 Å². The molecule has 5 nitrogen and oxygen atoms in total. The molecule has 2 N–H and O–H groups in total. The average Bonchev–Trinajstić information content (AvgIpc) is 3.66. The molecule has 0 unspecified atom stereocenters. The Morgan fingerprint density at radius 2 is 1.82 bits per heavy atom. The number of aromatic nitrogens is 1. The van der Waals surface area contributed by atoms with E-state index in [-0.39, 0.29) is 5.82 Å². The van der Waals surface area contributed by atoms with Crippen molar-refractivity contribution >= 4 is 16.6 Å². The molecule has 2 aliphatic rings. The Hall–Kier alpha value is -2.86. The van der Waals surface area contributed by atoms with Gasteiger partial charge in [0.15, 0.2) is 11.5 Å². The second-order valence-electron chi connectivity index (χ2n) is 9.26. The van der Waals surface area contributed by atoms with Gasteiger partial charge in [0.25, 0.3) is 0 Å². The van der Waals surface area contributed by atoms with E-state index in [1.54, 1.807) is 26.2 Å². The van der Waals surface area contributed by atoms with E-state index in [4.69, 9.17) is 15.2 Å². The Morgan fingerprint density at radius 1 is 1.06 bits per heavy atom. The van der Waals surface area contributed by atoms with Gasteiger partial charge < -0.3 is 20.1 Å². The quantitative estimate of drug-likeness (QED) is 0.515. The zero-order valence-electron chi connectivity index (χ0n) is 19.8. The number of ether oxygens (including phenoxy) is 2. The lowest BCUT2D eigenvalue weighted by Gasteiger charge is -2.28. The predicted octanol–water partition coefficient (Wildman–Crippen LogP) is 5.56. The number of nitrogen functional groups attached to an aromatic ring is 1. The highest BCUT2D eigenvalue weighted by Gasteiger charge is 2.26. The van der Waals surface area contributed by atoms with E-state index in [1.807, 2.05) is 6.20 Å². The molecule has 33 heavy (non-hydrogen) atoms. The number of aryl methyl sites for hydroxylation is 1. The number of anilines is 1. The highest BCUT2D eigenvalue weighted by Crippen LogP contribution is 2.44. The Kier molecular flexibility index (Phi) is 7.33. The molecule has 1 aromatic heterocycles. The summed E-state index contributed by atoms with van der Waals surface area (Å²) in [6.07, 6.45) is 6.90. The molecule has 1 aliphatic heterocycles. The van der Waals surface area contributed by atoms with Gasteiger partial charge in [0.05, 0.1) is 19.2 Å². The van der Waals surface area contributed by atoms with E-state index in [0.29, 0.717) is 23.1 Å². The molecule has 2 fully saturated rings. The van der Waals surface area contributed by atoms with Crippen LogP contribution in [0, 0.1) is 18.7 Å². The van der Waals surface area contributed by atoms with Gasteiger partial charge >= 0.3 is 0 Å². The molecule has 0 bridgehead atoms. The number of methoxy groups -OCH3 is 1. The lowest BCUT2D eigenvalue weighted by atomic mass is 9.98. The smallest absolute Gasteiger partial charge is 0.163 e. The Balaban J connectivity index is 0.000000243. The largest absolute Gasteiger partial charge is 0.493 e. The number of nitrogens with zero attached hydrogens (tertiary/aromatic N) is 2. The summed E-state index contributed by atoms with van der Waals surface area (Å²) in [4.78, 5) is 6.94. The maximum absolute atomic E-state index is 12.5. The standard InChI is InChI=1S/C20H26N2O2.C7H8FN/c1-22-9-6-14(7-10-22)13-24-20-12-18-17(11-19(20)23-2)16(5-8-21-18)15-3-4-15;1-5-2-3-6(9)4-7(5)8/h5,8,11-12,14-15H,3-4,6-7,9-10,13H2,1-2H3;2-4H,9H2,1H3. The molecule has 2 heterocycles. The number of fused-ring (bicyclic) bond motifs is 1. The summed E-state index contributed by atoms with van der Waals surface area (Å²) in [7, 11) is 3.91. The maximum atomic E-state index is 12.5. The summed E-state index contributed by atoms with van der Waals surface area (Å²) >= 11 is 0. The van der Waals surface area contributed by atoms with Gasteiger partial charge in [-0.15, -0.1) is 0 Å². The van der Waals surface area contributed by atoms with Crippen LogP contribution in [0.2, 0.25) is 0 Å². The minimum absolute atomic E-state index is 0.241. The van der Waals surface area contributed by atoms with Crippen LogP contribution in [0.15, 0.2) is 42.6 Å². The molecule has 1 saturated carbocycles. The van der Waals surface area contributed by atoms with E-state index in [1.165, 1.54) is 42.7 Å². The molecule has 1 aliphatic carbocycles. The number of pyridine rings is 1. The number of piperidine rings is 1. The first kappa shape index (κ1) is 23.3. The fourth-order valence-corrected chi connectivity index (χ4v) is 4.24. The summed E-state index contributed by atoms with van der Waals surface area (Å²) in [6.45, 7) is 4.79. The number of hydrogen-bond donors (Lipinski definition) is 1. The molecule has 1 saturated heterocycles. The topological polar surface area (TPSA) is 60.6 Å². The molecule has 6 heteroatoms. The molecule has 0 spiro atoms. The molecule has 0 atom stereocenters. The molecule has 2 aromatic carbocycles. The highest BCUT2D eigenvalue weighted by atomic mass is 19.1. The van der Waals surface area contributed by atoms with Crippen molar-refractivity contribution in [3.63, 3.8) is 0 Å². The first-order valence-electron chi connectivity index (χ1n) is 11.7. The Bertz CT molecular complexity index is 1090. The monoisotopic (exact) mass is 451 g/mol. The minimum atomic E-state index is -0.241. The zero-order valence-corrected chi connectivity index (χ0v) is 19.8. The fraction of sp³-hybridized carbons (Fsp3) is 0.444. The number of hydrogen-bond acceptors (Lipinski definition) is 5. The van der Waals surface area contributed by atoms with E-state index in [0.717, 1.165) is 36.7 Å². The number of benzene rings is 2. The van der Waals surface area contributed by atoms with Gasteiger partial charge in [-0.1, -0.05) is 6.07 Å². The van der Waals surface area contributed by atoms with Crippen molar-refractivity contribution < 1.29 is 13.9 Å². The van der Waals surface area contributed by atoms with Crippen molar-refractivity contribution in [3.05, 3.63) is 59.5 Å². The van der Waals surface area contributed by atoms with Gasteiger partial charge in [-0.2, -0.15) is 0 Å². The number of likely N-dealkylation sites (tertiary alicyclic amines) is 1.